The topological polar surface area (TPSA) is 84.2 Å². The molecule has 0 radical (unpaired) electrons. The van der Waals surface area contributed by atoms with E-state index in [2.05, 4.69) is 10.3 Å². The molecule has 0 saturated heterocycles. The second kappa shape index (κ2) is 8.53. The van der Waals surface area contributed by atoms with Gasteiger partial charge in [-0.1, -0.05) is 18.2 Å². The Morgan fingerprint density at radius 2 is 1.77 bits per heavy atom. The lowest BCUT2D eigenvalue weighted by Crippen LogP contribution is -2.17. The maximum absolute atomic E-state index is 12.9. The van der Waals surface area contributed by atoms with E-state index < -0.39 is 17.8 Å². The predicted octanol–water partition coefficient (Wildman–Crippen LogP) is 5.68. The number of para-hydroxylation sites is 1. The van der Waals surface area contributed by atoms with E-state index in [-0.39, 0.29) is 22.9 Å². The van der Waals surface area contributed by atoms with Crippen LogP contribution in [0.3, 0.4) is 0 Å². The third-order valence-electron chi connectivity index (χ3n) is 3.93. The van der Waals surface area contributed by atoms with Gasteiger partial charge in [-0.05, 0) is 48.9 Å². The number of nitriles is 1. The number of nitrogens with zero attached hydrogens (tertiary/aromatic N) is 2. The molecule has 3 aromatic rings. The van der Waals surface area contributed by atoms with Gasteiger partial charge in [0.1, 0.15) is 17.6 Å². The molecule has 0 unspecified atom stereocenters. The third kappa shape index (κ3) is 5.05. The van der Waals surface area contributed by atoms with Gasteiger partial charge in [0.05, 0.1) is 5.56 Å². The molecule has 0 fully saturated rings. The van der Waals surface area contributed by atoms with Crippen LogP contribution in [0.2, 0.25) is 0 Å². The molecule has 0 aliphatic rings. The minimum Gasteiger partial charge on any atom is -0.454 e. The summed E-state index contributed by atoms with van der Waals surface area (Å²) in [6.07, 6.45) is -4.76. The largest absolute Gasteiger partial charge is 0.454 e. The van der Waals surface area contributed by atoms with Crippen LogP contribution in [-0.4, -0.2) is 11.1 Å². The number of benzene rings is 2. The predicted molar refractivity (Wildman–Crippen MR) is 101 cm³/mol. The van der Waals surface area contributed by atoms with Gasteiger partial charge in [0, 0.05) is 11.9 Å². The van der Waals surface area contributed by atoms with Gasteiger partial charge in [-0.15, -0.1) is 0 Å². The molecule has 2 aromatic carbocycles. The molecule has 152 valence electrons. The molecule has 30 heavy (non-hydrogen) atoms. The summed E-state index contributed by atoms with van der Waals surface area (Å²) in [6.45, 7) is 1.83. The molecule has 3 rings (SSSR count). The summed E-state index contributed by atoms with van der Waals surface area (Å²) in [5.41, 5.74) is 0.134. The lowest BCUT2D eigenvalue weighted by molar-refractivity contribution is -0.137. The molecule has 1 amide bonds. The number of aromatic nitrogens is 1. The Bertz CT molecular complexity index is 1110. The van der Waals surface area contributed by atoms with Gasteiger partial charge in [-0.25, -0.2) is 9.78 Å². The van der Waals surface area contributed by atoms with Crippen molar-refractivity contribution < 1.29 is 27.4 Å². The van der Waals surface area contributed by atoms with E-state index >= 15 is 0 Å². The number of anilines is 1. The van der Waals surface area contributed by atoms with Crippen LogP contribution in [0.5, 0.6) is 17.2 Å². The SMILES string of the molecule is Cc1ccccc1NC(=O)Oc1ccc(Oc2cc(C(F)(F)F)cnc2C#N)cc1. The maximum atomic E-state index is 12.9. The van der Waals surface area contributed by atoms with Crippen molar-refractivity contribution in [2.45, 2.75) is 13.1 Å². The number of alkyl halides is 3. The van der Waals surface area contributed by atoms with Crippen molar-refractivity contribution in [1.29, 1.82) is 5.26 Å². The Kier molecular flexibility index (Phi) is 5.88. The van der Waals surface area contributed by atoms with Crippen molar-refractivity contribution in [3.8, 4) is 23.3 Å². The van der Waals surface area contributed by atoms with Crippen LogP contribution in [0, 0.1) is 18.3 Å². The first-order valence-corrected chi connectivity index (χ1v) is 8.56. The van der Waals surface area contributed by atoms with Crippen molar-refractivity contribution in [2.75, 3.05) is 5.32 Å². The average Bonchev–Trinajstić information content (AvgIpc) is 2.70. The van der Waals surface area contributed by atoms with Crippen LogP contribution in [0.1, 0.15) is 16.8 Å². The van der Waals surface area contributed by atoms with E-state index in [1.807, 2.05) is 19.1 Å². The molecule has 0 aliphatic carbocycles. The third-order valence-corrected chi connectivity index (χ3v) is 3.93. The Morgan fingerprint density at radius 1 is 1.10 bits per heavy atom. The lowest BCUT2D eigenvalue weighted by Gasteiger charge is -2.11. The van der Waals surface area contributed by atoms with Crippen molar-refractivity contribution in [3.63, 3.8) is 0 Å². The molecule has 1 aromatic heterocycles. The van der Waals surface area contributed by atoms with Crippen molar-refractivity contribution in [3.05, 3.63) is 77.6 Å². The van der Waals surface area contributed by atoms with Gasteiger partial charge in [-0.2, -0.15) is 18.4 Å². The van der Waals surface area contributed by atoms with Crippen LogP contribution in [-0.2, 0) is 6.18 Å². The summed E-state index contributed by atoms with van der Waals surface area (Å²) in [6, 6.07) is 15.1. The van der Waals surface area contributed by atoms with E-state index in [1.54, 1.807) is 18.2 Å². The summed E-state index contributed by atoms with van der Waals surface area (Å²) in [7, 11) is 0. The Morgan fingerprint density at radius 3 is 2.40 bits per heavy atom. The smallest absolute Gasteiger partial charge is 0.418 e. The fraction of sp³-hybridized carbons (Fsp3) is 0.0952. The standard InChI is InChI=1S/C21H14F3N3O3/c1-13-4-2-3-5-17(13)27-20(28)30-16-8-6-15(7-9-16)29-19-10-14(21(22,23)24)12-26-18(19)11-25/h2-10,12H,1H3,(H,27,28). The number of halogens is 3. The van der Waals surface area contributed by atoms with Crippen molar-refractivity contribution in [1.82, 2.24) is 4.98 Å². The molecule has 0 spiro atoms. The number of aryl methyl sites for hydroxylation is 1. The zero-order valence-electron chi connectivity index (χ0n) is 15.5. The average molecular weight is 413 g/mol. The summed E-state index contributed by atoms with van der Waals surface area (Å²) in [5.74, 6) is -0.00585. The molecular formula is C21H14F3N3O3. The maximum Gasteiger partial charge on any atom is 0.418 e. The fourth-order valence-corrected chi connectivity index (χ4v) is 2.42. The molecule has 0 aliphatic heterocycles. The highest BCUT2D eigenvalue weighted by Gasteiger charge is 2.32. The molecule has 6 nitrogen and oxygen atoms in total. The summed E-state index contributed by atoms with van der Waals surface area (Å²) >= 11 is 0. The number of hydrogen-bond acceptors (Lipinski definition) is 5. The van der Waals surface area contributed by atoms with E-state index in [0.717, 1.165) is 5.56 Å². The quantitative estimate of drug-likeness (QED) is 0.595. The lowest BCUT2D eigenvalue weighted by atomic mass is 10.2. The van der Waals surface area contributed by atoms with Gasteiger partial charge < -0.3 is 9.47 Å². The molecular weight excluding hydrogens is 399 g/mol. The van der Waals surface area contributed by atoms with Crippen LogP contribution < -0.4 is 14.8 Å². The summed E-state index contributed by atoms with van der Waals surface area (Å²) in [5, 5.41) is 11.6. The molecule has 0 atom stereocenters. The van der Waals surface area contributed by atoms with Gasteiger partial charge in [-0.3, -0.25) is 5.32 Å². The zero-order valence-corrected chi connectivity index (χ0v) is 15.5. The van der Waals surface area contributed by atoms with Gasteiger partial charge in [0.2, 0.25) is 0 Å². The van der Waals surface area contributed by atoms with E-state index in [1.165, 1.54) is 24.3 Å². The zero-order chi connectivity index (χ0) is 21.7. The highest BCUT2D eigenvalue weighted by molar-refractivity contribution is 5.87. The first-order valence-electron chi connectivity index (χ1n) is 8.56. The highest BCUT2D eigenvalue weighted by atomic mass is 19.4. The van der Waals surface area contributed by atoms with Crippen molar-refractivity contribution >= 4 is 11.8 Å². The Balaban J connectivity index is 1.70. The number of nitrogens with one attached hydrogen (secondary N) is 1. The Hall–Kier alpha value is -4.06. The monoisotopic (exact) mass is 413 g/mol. The van der Waals surface area contributed by atoms with E-state index in [9.17, 15) is 18.0 Å². The number of carbonyl (C=O) groups is 1. The normalized spacial score (nSPS) is 10.8. The second-order valence-electron chi connectivity index (χ2n) is 6.08. The summed E-state index contributed by atoms with van der Waals surface area (Å²) < 4.78 is 49.1. The highest BCUT2D eigenvalue weighted by Crippen LogP contribution is 2.34. The minimum absolute atomic E-state index is 0.138. The van der Waals surface area contributed by atoms with Crippen LogP contribution in [0.4, 0.5) is 23.7 Å². The number of amides is 1. The molecule has 1 heterocycles. The van der Waals surface area contributed by atoms with Crippen LogP contribution >= 0.6 is 0 Å². The first kappa shape index (κ1) is 20.7. The number of carbonyl (C=O) groups excluding carboxylic acids is 1. The molecule has 0 bridgehead atoms. The van der Waals surface area contributed by atoms with E-state index in [4.69, 9.17) is 14.7 Å². The van der Waals surface area contributed by atoms with Gasteiger partial charge in [0.15, 0.2) is 11.4 Å². The number of pyridine rings is 1. The van der Waals surface area contributed by atoms with Crippen LogP contribution in [0.25, 0.3) is 0 Å². The van der Waals surface area contributed by atoms with Gasteiger partial charge >= 0.3 is 12.3 Å². The summed E-state index contributed by atoms with van der Waals surface area (Å²) in [4.78, 5) is 15.5. The first-order chi connectivity index (χ1) is 14.3. The number of ether oxygens (including phenoxy) is 2. The second-order valence-corrected chi connectivity index (χ2v) is 6.08. The molecule has 0 saturated carbocycles. The fourth-order valence-electron chi connectivity index (χ4n) is 2.42. The molecule has 1 N–H and O–H groups in total. The van der Waals surface area contributed by atoms with Crippen LogP contribution in [0.15, 0.2) is 60.8 Å². The van der Waals surface area contributed by atoms with Gasteiger partial charge in [0.25, 0.3) is 0 Å². The number of hydrogen-bond donors (Lipinski definition) is 1. The minimum atomic E-state index is -4.62. The van der Waals surface area contributed by atoms with Crippen molar-refractivity contribution in [2.24, 2.45) is 0 Å². The molecule has 9 heteroatoms. The van der Waals surface area contributed by atoms with E-state index in [0.29, 0.717) is 18.0 Å². The number of rotatable bonds is 4. The Labute approximate surface area is 169 Å².